The first kappa shape index (κ1) is 14.6. The summed E-state index contributed by atoms with van der Waals surface area (Å²) in [7, 11) is -4.62. The van der Waals surface area contributed by atoms with Gasteiger partial charge in [0.05, 0.1) is 5.56 Å². The molecule has 0 aliphatic carbocycles. The second-order valence-corrected chi connectivity index (χ2v) is 4.61. The van der Waals surface area contributed by atoms with Crippen LogP contribution in [0.2, 0.25) is 0 Å². The van der Waals surface area contributed by atoms with E-state index in [0.717, 1.165) is 0 Å². The maximum Gasteiger partial charge on any atom is 0.416 e. The second kappa shape index (κ2) is 4.69. The summed E-state index contributed by atoms with van der Waals surface area (Å²) in [6, 6.07) is 1.01. The van der Waals surface area contributed by atoms with Crippen LogP contribution in [0.1, 0.15) is 5.56 Å². The Kier molecular flexibility index (Phi) is 3.81. The topological polar surface area (TPSA) is 69.4 Å². The lowest BCUT2D eigenvalue weighted by Gasteiger charge is -2.12. The molecule has 0 aromatic heterocycles. The average molecular weight is 291 g/mol. The van der Waals surface area contributed by atoms with Crippen LogP contribution in [0, 0.1) is 0 Å². The quantitative estimate of drug-likeness (QED) is 0.865. The molecule has 4 nitrogen and oxygen atoms in total. The van der Waals surface area contributed by atoms with Gasteiger partial charge in [0.1, 0.15) is 10.6 Å². The fourth-order valence-corrected chi connectivity index (χ4v) is 1.79. The van der Waals surface area contributed by atoms with Crippen molar-refractivity contribution in [2.75, 3.05) is 0 Å². The van der Waals surface area contributed by atoms with Gasteiger partial charge >= 0.3 is 12.8 Å². The number of sulfonamides is 1. The number of primary sulfonamides is 1. The van der Waals surface area contributed by atoms with Crippen LogP contribution in [0.4, 0.5) is 22.0 Å². The fraction of sp³-hybridized carbons (Fsp3) is 0.250. The lowest BCUT2D eigenvalue weighted by Crippen LogP contribution is -2.17. The van der Waals surface area contributed by atoms with Gasteiger partial charge in [-0.1, -0.05) is 0 Å². The summed E-state index contributed by atoms with van der Waals surface area (Å²) >= 11 is 0. The minimum Gasteiger partial charge on any atom is -0.433 e. The Morgan fingerprint density at radius 2 is 1.78 bits per heavy atom. The van der Waals surface area contributed by atoms with Crippen LogP contribution >= 0.6 is 0 Å². The number of halogens is 5. The van der Waals surface area contributed by atoms with Gasteiger partial charge in [-0.3, -0.25) is 0 Å². The van der Waals surface area contributed by atoms with E-state index in [9.17, 15) is 30.4 Å². The van der Waals surface area contributed by atoms with Crippen molar-refractivity contribution in [1.29, 1.82) is 0 Å². The molecule has 1 rings (SSSR count). The molecular formula is C8H6F5NO3S. The summed E-state index contributed by atoms with van der Waals surface area (Å²) in [5.74, 6) is -0.944. The zero-order valence-electron chi connectivity index (χ0n) is 8.41. The second-order valence-electron chi connectivity index (χ2n) is 3.08. The maximum atomic E-state index is 12.3. The van der Waals surface area contributed by atoms with Crippen LogP contribution in [-0.2, 0) is 16.2 Å². The predicted molar refractivity (Wildman–Crippen MR) is 49.4 cm³/mol. The highest BCUT2D eigenvalue weighted by Crippen LogP contribution is 2.34. The number of nitrogens with two attached hydrogens (primary N) is 1. The fourth-order valence-electron chi connectivity index (χ4n) is 1.10. The standard InChI is InChI=1S/C8H6F5NO3S/c9-7(10)17-5-2-1-4(8(11,12)13)3-6(5)18(14,15)16/h1-3,7H,(H2,14,15,16). The van der Waals surface area contributed by atoms with E-state index >= 15 is 0 Å². The first-order valence-corrected chi connectivity index (χ1v) is 5.75. The molecule has 10 heteroatoms. The minimum atomic E-state index is -4.83. The molecule has 0 heterocycles. The smallest absolute Gasteiger partial charge is 0.416 e. The van der Waals surface area contributed by atoms with Crippen molar-refractivity contribution >= 4 is 10.0 Å². The normalized spacial score (nSPS) is 12.8. The zero-order valence-corrected chi connectivity index (χ0v) is 9.23. The maximum absolute atomic E-state index is 12.3. The highest BCUT2D eigenvalue weighted by atomic mass is 32.2. The first-order valence-electron chi connectivity index (χ1n) is 4.20. The molecule has 0 bridgehead atoms. The SMILES string of the molecule is NS(=O)(=O)c1cc(C(F)(F)F)ccc1OC(F)F. The Labute approximate surface area is 98.2 Å². The first-order chi connectivity index (χ1) is 8.01. The average Bonchev–Trinajstić information content (AvgIpc) is 2.13. The lowest BCUT2D eigenvalue weighted by atomic mass is 10.2. The van der Waals surface area contributed by atoms with Crippen LogP contribution < -0.4 is 9.88 Å². The van der Waals surface area contributed by atoms with E-state index in [2.05, 4.69) is 9.88 Å². The molecule has 0 saturated heterocycles. The van der Waals surface area contributed by atoms with E-state index in [-0.39, 0.29) is 6.07 Å². The van der Waals surface area contributed by atoms with Gasteiger partial charge in [0.15, 0.2) is 0 Å². The molecule has 0 atom stereocenters. The number of alkyl halides is 5. The summed E-state index contributed by atoms with van der Waals surface area (Å²) in [4.78, 5) is -1.15. The molecule has 0 spiro atoms. The Hall–Kier alpha value is -1.42. The van der Waals surface area contributed by atoms with Crippen molar-refractivity contribution in [3.05, 3.63) is 23.8 Å². The highest BCUT2D eigenvalue weighted by molar-refractivity contribution is 7.89. The molecule has 0 fully saturated rings. The zero-order chi connectivity index (χ0) is 14.1. The third kappa shape index (κ3) is 3.53. The minimum absolute atomic E-state index is 0.132. The van der Waals surface area contributed by atoms with Gasteiger partial charge in [0.25, 0.3) is 0 Å². The summed E-state index contributed by atoms with van der Waals surface area (Å²) in [6.07, 6.45) is -4.83. The van der Waals surface area contributed by atoms with Gasteiger partial charge in [-0.2, -0.15) is 22.0 Å². The van der Waals surface area contributed by atoms with Crippen molar-refractivity contribution in [3.63, 3.8) is 0 Å². The number of benzene rings is 1. The largest absolute Gasteiger partial charge is 0.433 e. The molecule has 0 saturated carbocycles. The van der Waals surface area contributed by atoms with Crippen molar-refractivity contribution < 1.29 is 35.1 Å². The van der Waals surface area contributed by atoms with Crippen molar-refractivity contribution in [3.8, 4) is 5.75 Å². The number of hydrogen-bond donors (Lipinski definition) is 1. The van der Waals surface area contributed by atoms with Crippen LogP contribution in [0.3, 0.4) is 0 Å². The van der Waals surface area contributed by atoms with E-state index < -0.39 is 39.0 Å². The van der Waals surface area contributed by atoms with E-state index in [1.807, 2.05) is 0 Å². The van der Waals surface area contributed by atoms with Crippen LogP contribution in [0.15, 0.2) is 23.1 Å². The van der Waals surface area contributed by atoms with Gasteiger partial charge in [0, 0.05) is 0 Å². The van der Waals surface area contributed by atoms with Crippen LogP contribution in [0.5, 0.6) is 5.75 Å². The molecule has 18 heavy (non-hydrogen) atoms. The molecule has 1 aromatic rings. The summed E-state index contributed by atoms with van der Waals surface area (Å²) in [5.41, 5.74) is -1.34. The third-order valence-electron chi connectivity index (χ3n) is 1.79. The molecule has 0 unspecified atom stereocenters. The molecule has 2 N–H and O–H groups in total. The third-order valence-corrected chi connectivity index (χ3v) is 2.73. The van der Waals surface area contributed by atoms with Gasteiger partial charge in [-0.25, -0.2) is 13.6 Å². The Morgan fingerprint density at radius 1 is 1.22 bits per heavy atom. The Balaban J connectivity index is 3.40. The summed E-state index contributed by atoms with van der Waals surface area (Å²) in [6.45, 7) is -3.39. The number of hydrogen-bond acceptors (Lipinski definition) is 3. The monoisotopic (exact) mass is 291 g/mol. The van der Waals surface area contributed by atoms with Crippen molar-refractivity contribution in [2.45, 2.75) is 17.7 Å². The summed E-state index contributed by atoms with van der Waals surface area (Å²) < 4.78 is 86.6. The summed E-state index contributed by atoms with van der Waals surface area (Å²) in [5, 5.41) is 4.63. The van der Waals surface area contributed by atoms with Gasteiger partial charge in [0.2, 0.25) is 10.0 Å². The van der Waals surface area contributed by atoms with Crippen LogP contribution in [-0.4, -0.2) is 15.0 Å². The van der Waals surface area contributed by atoms with E-state index in [0.29, 0.717) is 12.1 Å². The van der Waals surface area contributed by atoms with Crippen molar-refractivity contribution in [2.24, 2.45) is 5.14 Å². The molecular weight excluding hydrogens is 285 g/mol. The van der Waals surface area contributed by atoms with E-state index in [1.54, 1.807) is 0 Å². The Bertz CT molecular complexity index is 540. The molecule has 1 aromatic carbocycles. The molecule has 0 aliphatic heterocycles. The van der Waals surface area contributed by atoms with Crippen molar-refractivity contribution in [1.82, 2.24) is 0 Å². The number of rotatable bonds is 3. The number of ether oxygens (including phenoxy) is 1. The molecule has 0 aliphatic rings. The molecule has 102 valence electrons. The van der Waals surface area contributed by atoms with E-state index in [4.69, 9.17) is 0 Å². The highest BCUT2D eigenvalue weighted by Gasteiger charge is 2.33. The van der Waals surface area contributed by atoms with Crippen LogP contribution in [0.25, 0.3) is 0 Å². The Morgan fingerprint density at radius 3 is 2.17 bits per heavy atom. The molecule has 0 amide bonds. The van der Waals surface area contributed by atoms with Gasteiger partial charge in [-0.05, 0) is 18.2 Å². The van der Waals surface area contributed by atoms with E-state index in [1.165, 1.54) is 0 Å². The molecule has 0 radical (unpaired) electrons. The van der Waals surface area contributed by atoms with Gasteiger partial charge in [-0.15, -0.1) is 0 Å². The van der Waals surface area contributed by atoms with Gasteiger partial charge < -0.3 is 4.74 Å². The predicted octanol–water partition coefficient (Wildman–Crippen LogP) is 1.95. The lowest BCUT2D eigenvalue weighted by molar-refractivity contribution is -0.137.